The Morgan fingerprint density at radius 2 is 1.66 bits per heavy atom. The second kappa shape index (κ2) is 17.5. The minimum absolute atomic E-state index is 0.0474. The highest BCUT2D eigenvalue weighted by atomic mass is 127. The van der Waals surface area contributed by atoms with E-state index in [1.807, 2.05) is 60.7 Å². The van der Waals surface area contributed by atoms with E-state index in [0.29, 0.717) is 26.1 Å². The van der Waals surface area contributed by atoms with E-state index in [4.69, 9.17) is 4.74 Å². The SMILES string of the molecule is C=C/C=C\C(=C/C)N1C(=O)/C(=C/c2ccc(OCc3ccccc3F)c(I)c2)C(=O)N=C1SCC(=O)NC(c1ccccc1)c1ccccc1. The van der Waals surface area contributed by atoms with Gasteiger partial charge < -0.3 is 10.1 Å². The summed E-state index contributed by atoms with van der Waals surface area (Å²) in [7, 11) is 0. The molecule has 0 bridgehead atoms. The Hall–Kier alpha value is -5.07. The van der Waals surface area contributed by atoms with Crippen LogP contribution in [0.2, 0.25) is 0 Å². The van der Waals surface area contributed by atoms with E-state index in [2.05, 4.69) is 39.5 Å². The first-order valence-electron chi connectivity index (χ1n) is 15.6. The molecule has 3 amide bonds. The molecule has 50 heavy (non-hydrogen) atoms. The molecule has 4 aromatic rings. The van der Waals surface area contributed by atoms with Crippen LogP contribution in [0.3, 0.4) is 0 Å². The van der Waals surface area contributed by atoms with Crippen molar-refractivity contribution in [2.75, 3.05) is 5.75 Å². The zero-order valence-corrected chi connectivity index (χ0v) is 30.1. The molecular formula is C40H33FIN3O4S. The number of nitrogens with one attached hydrogen (secondary N) is 1. The largest absolute Gasteiger partial charge is 0.488 e. The van der Waals surface area contributed by atoms with Gasteiger partial charge in [0.2, 0.25) is 5.91 Å². The van der Waals surface area contributed by atoms with Crippen molar-refractivity contribution in [1.82, 2.24) is 10.2 Å². The summed E-state index contributed by atoms with van der Waals surface area (Å²) in [4.78, 5) is 46.4. The van der Waals surface area contributed by atoms with Crippen LogP contribution >= 0.6 is 34.4 Å². The van der Waals surface area contributed by atoms with Crippen LogP contribution in [0.15, 0.2) is 150 Å². The molecule has 4 aromatic carbocycles. The molecule has 10 heteroatoms. The Labute approximate surface area is 308 Å². The average molecular weight is 798 g/mol. The van der Waals surface area contributed by atoms with Crippen LogP contribution in [0, 0.1) is 9.39 Å². The maximum absolute atomic E-state index is 14.1. The van der Waals surface area contributed by atoms with Gasteiger partial charge in [-0.15, -0.1) is 0 Å². The Morgan fingerprint density at radius 3 is 2.28 bits per heavy atom. The zero-order valence-electron chi connectivity index (χ0n) is 27.1. The normalized spacial score (nSPS) is 14.3. The number of hydrogen-bond acceptors (Lipinski definition) is 5. The van der Waals surface area contributed by atoms with E-state index in [-0.39, 0.29) is 34.8 Å². The number of carbonyl (C=O) groups excluding carboxylic acids is 3. The first-order chi connectivity index (χ1) is 24.3. The molecule has 1 aliphatic rings. The first kappa shape index (κ1) is 36.2. The number of thioether (sulfide) groups is 1. The van der Waals surface area contributed by atoms with Crippen molar-refractivity contribution in [2.45, 2.75) is 19.6 Å². The molecule has 1 heterocycles. The maximum atomic E-state index is 14.1. The summed E-state index contributed by atoms with van der Waals surface area (Å²) in [5.74, 6) is -1.53. The van der Waals surface area contributed by atoms with Gasteiger partial charge in [0.25, 0.3) is 11.8 Å². The summed E-state index contributed by atoms with van der Waals surface area (Å²) in [6.45, 7) is 5.53. The second-order valence-electron chi connectivity index (χ2n) is 10.9. The molecule has 0 aromatic heterocycles. The topological polar surface area (TPSA) is 88.1 Å². The molecule has 0 fully saturated rings. The van der Waals surface area contributed by atoms with Gasteiger partial charge in [0, 0.05) is 11.3 Å². The summed E-state index contributed by atoms with van der Waals surface area (Å²) >= 11 is 3.09. The summed E-state index contributed by atoms with van der Waals surface area (Å²) < 4.78 is 20.6. The van der Waals surface area contributed by atoms with Crippen LogP contribution in [-0.2, 0) is 21.0 Å². The quantitative estimate of drug-likeness (QED) is 0.0674. The predicted molar refractivity (Wildman–Crippen MR) is 206 cm³/mol. The maximum Gasteiger partial charge on any atom is 0.285 e. The van der Waals surface area contributed by atoms with Crippen molar-refractivity contribution in [3.05, 3.63) is 177 Å². The molecule has 1 aliphatic heterocycles. The van der Waals surface area contributed by atoms with E-state index in [1.54, 1.807) is 67.6 Å². The predicted octanol–water partition coefficient (Wildman–Crippen LogP) is 8.40. The molecule has 0 saturated carbocycles. The molecule has 1 N–H and O–H groups in total. The number of amidine groups is 1. The van der Waals surface area contributed by atoms with Gasteiger partial charge in [-0.1, -0.05) is 121 Å². The minimum Gasteiger partial charge on any atom is -0.488 e. The van der Waals surface area contributed by atoms with Crippen LogP contribution in [0.5, 0.6) is 5.75 Å². The van der Waals surface area contributed by atoms with E-state index >= 15 is 0 Å². The van der Waals surface area contributed by atoms with Gasteiger partial charge in [-0.3, -0.25) is 19.3 Å². The lowest BCUT2D eigenvalue weighted by Gasteiger charge is -2.28. The highest BCUT2D eigenvalue weighted by Gasteiger charge is 2.35. The second-order valence-corrected chi connectivity index (χ2v) is 13.0. The third kappa shape index (κ3) is 9.13. The number of halogens is 2. The van der Waals surface area contributed by atoms with Crippen molar-refractivity contribution in [1.29, 1.82) is 0 Å². The van der Waals surface area contributed by atoms with Gasteiger partial charge in [-0.25, -0.2) is 4.39 Å². The number of hydrogen-bond donors (Lipinski definition) is 1. The Morgan fingerprint density at radius 1 is 1.00 bits per heavy atom. The van der Waals surface area contributed by atoms with Gasteiger partial charge in [-0.2, -0.15) is 4.99 Å². The molecule has 0 spiro atoms. The van der Waals surface area contributed by atoms with Crippen LogP contribution in [0.4, 0.5) is 4.39 Å². The lowest BCUT2D eigenvalue weighted by atomic mass is 9.99. The van der Waals surface area contributed by atoms with Gasteiger partial charge in [0.15, 0.2) is 5.17 Å². The molecule has 0 unspecified atom stereocenters. The number of aliphatic imine (C=N–C) groups is 1. The fourth-order valence-corrected chi connectivity index (χ4v) is 6.56. The fraction of sp³-hybridized carbons (Fsp3) is 0.100. The summed E-state index contributed by atoms with van der Waals surface area (Å²) in [5.41, 5.74) is 3.14. The van der Waals surface area contributed by atoms with Crippen molar-refractivity contribution < 1.29 is 23.5 Å². The number of amides is 3. The molecule has 0 radical (unpaired) electrons. The minimum atomic E-state index is -0.723. The van der Waals surface area contributed by atoms with Crippen molar-refractivity contribution in [3.63, 3.8) is 0 Å². The lowest BCUT2D eigenvalue weighted by molar-refractivity contribution is -0.126. The van der Waals surface area contributed by atoms with Crippen molar-refractivity contribution >= 4 is 63.3 Å². The number of allylic oxidation sites excluding steroid dienone is 4. The first-order valence-corrected chi connectivity index (χ1v) is 17.7. The van der Waals surface area contributed by atoms with Gasteiger partial charge in [-0.05, 0) is 76.6 Å². The summed E-state index contributed by atoms with van der Waals surface area (Å²) in [6, 6.07) is 30.4. The monoisotopic (exact) mass is 797 g/mol. The highest BCUT2D eigenvalue weighted by Crippen LogP contribution is 2.29. The van der Waals surface area contributed by atoms with Crippen LogP contribution in [0.1, 0.15) is 35.2 Å². The number of ether oxygens (including phenoxy) is 1. The lowest BCUT2D eigenvalue weighted by Crippen LogP contribution is -2.42. The standard InChI is InChI=1S/C40H33FIN3O4S/c1-3-5-19-31(4-2)45-39(48)32(23-27-21-22-35(34(42)24-27)49-25-30-18-12-13-20-33(30)41)38(47)44-40(45)50-26-36(46)43-37(28-14-8-6-9-15-28)29-16-10-7-11-17-29/h3-24,37H,1,25-26H2,2H3,(H,43,46)/b19-5-,31-4+,32-23+. The summed E-state index contributed by atoms with van der Waals surface area (Å²) in [6.07, 6.45) is 8.12. The van der Waals surface area contributed by atoms with Crippen LogP contribution in [0.25, 0.3) is 6.08 Å². The molecule has 0 saturated heterocycles. The average Bonchev–Trinajstić information content (AvgIpc) is 3.13. The molecule has 5 rings (SSSR count). The third-order valence-corrected chi connectivity index (χ3v) is 9.30. The molecule has 0 atom stereocenters. The van der Waals surface area contributed by atoms with Gasteiger partial charge in [0.05, 0.1) is 15.4 Å². The number of nitrogens with zero attached hydrogens (tertiary/aromatic N) is 2. The van der Waals surface area contributed by atoms with E-state index in [0.717, 1.165) is 22.9 Å². The highest BCUT2D eigenvalue weighted by molar-refractivity contribution is 14.1. The molecular weight excluding hydrogens is 764 g/mol. The van der Waals surface area contributed by atoms with Crippen molar-refractivity contribution in [2.24, 2.45) is 4.99 Å². The van der Waals surface area contributed by atoms with Crippen LogP contribution in [-0.4, -0.2) is 33.5 Å². The smallest absolute Gasteiger partial charge is 0.285 e. The Bertz CT molecular complexity index is 1970. The van der Waals surface area contributed by atoms with Gasteiger partial charge in [0.1, 0.15) is 23.7 Å². The Kier molecular flexibility index (Phi) is 12.7. The molecule has 252 valence electrons. The van der Waals surface area contributed by atoms with Crippen LogP contribution < -0.4 is 10.1 Å². The van der Waals surface area contributed by atoms with Crippen molar-refractivity contribution in [3.8, 4) is 5.75 Å². The number of rotatable bonds is 12. The third-order valence-electron chi connectivity index (χ3n) is 7.52. The summed E-state index contributed by atoms with van der Waals surface area (Å²) in [5, 5.41) is 3.17. The number of benzene rings is 4. The van der Waals surface area contributed by atoms with Gasteiger partial charge >= 0.3 is 0 Å². The van der Waals surface area contributed by atoms with E-state index in [1.165, 1.54) is 17.0 Å². The number of carbonyl (C=O) groups is 3. The Balaban J connectivity index is 1.37. The van der Waals surface area contributed by atoms with E-state index < -0.39 is 17.9 Å². The molecule has 0 aliphatic carbocycles. The molecule has 7 nitrogen and oxygen atoms in total. The fourth-order valence-electron chi connectivity index (χ4n) is 5.05. The van der Waals surface area contributed by atoms with E-state index in [9.17, 15) is 18.8 Å². The zero-order chi connectivity index (χ0) is 35.5.